The average molecular weight is 592 g/mol. The van der Waals surface area contributed by atoms with Crippen LogP contribution in [0.25, 0.3) is 10.2 Å². The minimum atomic E-state index is -0.426. The molecule has 4 rings (SSSR count). The molecule has 39 heavy (non-hydrogen) atoms. The fraction of sp³-hybridized carbons (Fsp3) is 0.481. The fourth-order valence-corrected chi connectivity index (χ4v) is 7.47. The molecule has 210 valence electrons. The summed E-state index contributed by atoms with van der Waals surface area (Å²) in [5.41, 5.74) is 2.43. The van der Waals surface area contributed by atoms with E-state index < -0.39 is 5.97 Å². The first-order valence-electron chi connectivity index (χ1n) is 12.9. The van der Waals surface area contributed by atoms with Crippen molar-refractivity contribution in [1.29, 1.82) is 0 Å². The van der Waals surface area contributed by atoms with Crippen molar-refractivity contribution in [3.63, 3.8) is 0 Å². The maximum Gasteiger partial charge on any atom is 0.341 e. The Balaban J connectivity index is 1.42. The van der Waals surface area contributed by atoms with Crippen LogP contribution in [0.4, 0.5) is 5.00 Å². The number of benzene rings is 1. The topological polar surface area (TPSA) is 108 Å². The van der Waals surface area contributed by atoms with Crippen molar-refractivity contribution in [2.45, 2.75) is 45.6 Å². The first-order valence-corrected chi connectivity index (χ1v) is 15.7. The van der Waals surface area contributed by atoms with Crippen molar-refractivity contribution in [3.05, 3.63) is 39.0 Å². The third-order valence-electron chi connectivity index (χ3n) is 6.23. The van der Waals surface area contributed by atoms with Gasteiger partial charge in [-0.15, -0.1) is 23.1 Å². The number of nitrogens with one attached hydrogen (secondary N) is 1. The Morgan fingerprint density at radius 2 is 1.92 bits per heavy atom. The van der Waals surface area contributed by atoms with E-state index in [4.69, 9.17) is 14.2 Å². The molecule has 2 aromatic heterocycles. The number of carbonyl (C=O) groups excluding carboxylic acids is 3. The summed E-state index contributed by atoms with van der Waals surface area (Å²) >= 11 is 4.06. The van der Waals surface area contributed by atoms with E-state index in [1.165, 1.54) is 41.5 Å². The van der Waals surface area contributed by atoms with Crippen LogP contribution in [0.3, 0.4) is 0 Å². The predicted octanol–water partition coefficient (Wildman–Crippen LogP) is 4.66. The Kier molecular flexibility index (Phi) is 10.6. The molecule has 0 atom stereocenters. The number of thiazole rings is 1. The number of carbonyl (C=O) groups is 3. The average Bonchev–Trinajstić information content (AvgIpc) is 3.33. The summed E-state index contributed by atoms with van der Waals surface area (Å²) in [6, 6.07) is 5.81. The first kappa shape index (κ1) is 29.3. The van der Waals surface area contributed by atoms with E-state index in [9.17, 15) is 14.4 Å². The highest BCUT2D eigenvalue weighted by Crippen LogP contribution is 2.38. The summed E-state index contributed by atoms with van der Waals surface area (Å²) < 4.78 is 18.8. The number of hydrogen-bond donors (Lipinski definition) is 1. The largest absolute Gasteiger partial charge is 0.494 e. The predicted molar refractivity (Wildman–Crippen MR) is 156 cm³/mol. The maximum atomic E-state index is 12.7. The summed E-state index contributed by atoms with van der Waals surface area (Å²) in [5.74, 6) is -0.130. The molecule has 1 aromatic carbocycles. The highest BCUT2D eigenvalue weighted by Gasteiger charge is 2.26. The van der Waals surface area contributed by atoms with Crippen LogP contribution >= 0.6 is 34.4 Å². The molecular weight excluding hydrogens is 559 g/mol. The number of aromatic nitrogens is 1. The number of thiophene rings is 1. The number of nitrogens with zero attached hydrogens (tertiary/aromatic N) is 2. The standard InChI is InChI=1S/C27H33N3O6S3/c1-4-36-17-10-11-19-21(14-17)39-27(30(19)12-13-34-2)29-23(32)16-37-15-22(31)28-25-24(26(33)35-3)18-8-6-5-7-9-20(18)38-25/h10-11,14H,4-9,12-13,15-16H2,1-3H3,(H,28,31). The molecule has 0 saturated carbocycles. The number of rotatable bonds is 11. The highest BCUT2D eigenvalue weighted by molar-refractivity contribution is 8.00. The van der Waals surface area contributed by atoms with Gasteiger partial charge >= 0.3 is 5.97 Å². The molecule has 12 heteroatoms. The molecule has 2 amide bonds. The summed E-state index contributed by atoms with van der Waals surface area (Å²) in [6.07, 6.45) is 4.93. The molecular formula is C27H33N3O6S3. The van der Waals surface area contributed by atoms with Crippen LogP contribution in [0, 0.1) is 0 Å². The van der Waals surface area contributed by atoms with E-state index in [0.717, 1.165) is 58.5 Å². The number of aryl methyl sites for hydroxylation is 1. The van der Waals surface area contributed by atoms with Crippen LogP contribution in [0.15, 0.2) is 23.2 Å². The Hall–Kier alpha value is -2.67. The van der Waals surface area contributed by atoms with E-state index in [1.54, 1.807) is 7.11 Å². The Bertz CT molecular complexity index is 1410. The highest BCUT2D eigenvalue weighted by atomic mass is 32.2. The van der Waals surface area contributed by atoms with Crippen LogP contribution in [-0.4, -0.2) is 61.3 Å². The minimum Gasteiger partial charge on any atom is -0.494 e. The number of esters is 1. The third kappa shape index (κ3) is 7.30. The van der Waals surface area contributed by atoms with Crippen molar-refractivity contribution in [2.75, 3.05) is 44.3 Å². The quantitative estimate of drug-likeness (QED) is 0.255. The number of fused-ring (bicyclic) bond motifs is 2. The van der Waals surface area contributed by atoms with Gasteiger partial charge in [0.05, 0.1) is 47.6 Å². The lowest BCUT2D eigenvalue weighted by Gasteiger charge is -2.07. The third-order valence-corrected chi connectivity index (χ3v) is 9.39. The van der Waals surface area contributed by atoms with Crippen molar-refractivity contribution in [3.8, 4) is 5.75 Å². The second-order valence-corrected chi connectivity index (χ2v) is 12.0. The Morgan fingerprint density at radius 3 is 2.69 bits per heavy atom. The number of methoxy groups -OCH3 is 2. The van der Waals surface area contributed by atoms with Crippen LogP contribution in [0.2, 0.25) is 0 Å². The molecule has 3 aromatic rings. The van der Waals surface area contributed by atoms with Crippen molar-refractivity contribution in [1.82, 2.24) is 4.57 Å². The maximum absolute atomic E-state index is 12.7. The second-order valence-electron chi connectivity index (χ2n) is 8.90. The summed E-state index contributed by atoms with van der Waals surface area (Å²) in [4.78, 5) is 44.0. The minimum absolute atomic E-state index is 0.0565. The van der Waals surface area contributed by atoms with Gasteiger partial charge in [-0.05, 0) is 56.4 Å². The molecule has 0 saturated heterocycles. The van der Waals surface area contributed by atoms with Crippen LogP contribution in [-0.2, 0) is 38.4 Å². The lowest BCUT2D eigenvalue weighted by Crippen LogP contribution is -2.20. The van der Waals surface area contributed by atoms with E-state index >= 15 is 0 Å². The zero-order valence-electron chi connectivity index (χ0n) is 22.4. The molecule has 0 radical (unpaired) electrons. The van der Waals surface area contributed by atoms with E-state index in [2.05, 4.69) is 10.3 Å². The summed E-state index contributed by atoms with van der Waals surface area (Å²) in [7, 11) is 2.99. The van der Waals surface area contributed by atoms with Crippen molar-refractivity contribution in [2.24, 2.45) is 4.99 Å². The van der Waals surface area contributed by atoms with Crippen molar-refractivity contribution >= 4 is 67.4 Å². The summed E-state index contributed by atoms with van der Waals surface area (Å²) in [5, 5.41) is 3.41. The van der Waals surface area contributed by atoms with E-state index in [0.29, 0.717) is 35.1 Å². The molecule has 1 aliphatic rings. The van der Waals surface area contributed by atoms with Gasteiger partial charge in [-0.25, -0.2) is 4.79 Å². The fourth-order valence-electron chi connectivity index (χ4n) is 4.48. The van der Waals surface area contributed by atoms with Crippen molar-refractivity contribution < 1.29 is 28.6 Å². The Morgan fingerprint density at radius 1 is 1.10 bits per heavy atom. The molecule has 0 unspecified atom stereocenters. The van der Waals surface area contributed by atoms with Gasteiger partial charge in [0.25, 0.3) is 5.91 Å². The molecule has 0 aliphatic heterocycles. The lowest BCUT2D eigenvalue weighted by molar-refractivity contribution is -0.115. The molecule has 1 aliphatic carbocycles. The van der Waals surface area contributed by atoms with Gasteiger partial charge < -0.3 is 24.1 Å². The van der Waals surface area contributed by atoms with Gasteiger partial charge in [-0.2, -0.15) is 4.99 Å². The molecule has 1 N–H and O–H groups in total. The number of amides is 2. The monoisotopic (exact) mass is 591 g/mol. The number of hydrogen-bond acceptors (Lipinski definition) is 9. The van der Waals surface area contributed by atoms with Crippen LogP contribution < -0.4 is 14.9 Å². The SMILES string of the molecule is CCOc1ccc2c(c1)sc(=NC(=O)CSCC(=O)Nc1sc3c(c1C(=O)OC)CCCCC3)n2CCOC. The molecule has 0 spiro atoms. The zero-order chi connectivity index (χ0) is 27.8. The Labute approximate surface area is 239 Å². The first-order chi connectivity index (χ1) is 18.9. The summed E-state index contributed by atoms with van der Waals surface area (Å²) in [6.45, 7) is 3.54. The molecule has 2 heterocycles. The van der Waals surface area contributed by atoms with Crippen LogP contribution in [0.1, 0.15) is 47.0 Å². The normalized spacial score (nSPS) is 13.7. The van der Waals surface area contributed by atoms with Gasteiger partial charge in [0.15, 0.2) is 4.80 Å². The lowest BCUT2D eigenvalue weighted by atomic mass is 10.1. The van der Waals surface area contributed by atoms with Gasteiger partial charge in [0.1, 0.15) is 10.8 Å². The van der Waals surface area contributed by atoms with Gasteiger partial charge in [0, 0.05) is 18.5 Å². The zero-order valence-corrected chi connectivity index (χ0v) is 24.8. The number of ether oxygens (including phenoxy) is 3. The molecule has 9 nitrogen and oxygen atoms in total. The van der Waals surface area contributed by atoms with E-state index in [-0.39, 0.29) is 23.3 Å². The molecule has 0 bridgehead atoms. The second kappa shape index (κ2) is 14.1. The van der Waals surface area contributed by atoms with E-state index in [1.807, 2.05) is 29.7 Å². The van der Waals surface area contributed by atoms with Crippen LogP contribution in [0.5, 0.6) is 5.75 Å². The van der Waals surface area contributed by atoms with Gasteiger partial charge in [-0.3, -0.25) is 9.59 Å². The smallest absolute Gasteiger partial charge is 0.341 e. The number of anilines is 1. The van der Waals surface area contributed by atoms with Gasteiger partial charge in [-0.1, -0.05) is 17.8 Å². The molecule has 0 fully saturated rings. The number of thioether (sulfide) groups is 1. The van der Waals surface area contributed by atoms with Gasteiger partial charge in [0.2, 0.25) is 5.91 Å².